The molecule has 0 aromatic carbocycles. The van der Waals surface area contributed by atoms with Gasteiger partial charge in [-0.1, -0.05) is 6.92 Å². The molecule has 1 rings (SSSR count). The lowest BCUT2D eigenvalue weighted by molar-refractivity contribution is -0.0127. The van der Waals surface area contributed by atoms with Gasteiger partial charge in [-0.2, -0.15) is 0 Å². The number of rotatable bonds is 0. The van der Waals surface area contributed by atoms with E-state index in [1.54, 1.807) is 0 Å². The Labute approximate surface area is 75.4 Å². The highest BCUT2D eigenvalue weighted by molar-refractivity contribution is 5.00. The molecule has 72 valence electrons. The van der Waals surface area contributed by atoms with Crippen LogP contribution in [0.15, 0.2) is 0 Å². The van der Waals surface area contributed by atoms with Gasteiger partial charge in [-0.3, -0.25) is 0 Å². The number of aliphatic hydroxyl groups excluding tert-OH is 1. The van der Waals surface area contributed by atoms with Gasteiger partial charge in [0, 0.05) is 11.1 Å². The van der Waals surface area contributed by atoms with Crippen LogP contribution >= 0.6 is 0 Å². The fourth-order valence-corrected chi connectivity index (χ4v) is 2.22. The van der Waals surface area contributed by atoms with Crippen LogP contribution in [0.4, 0.5) is 0 Å². The second-order valence-electron chi connectivity index (χ2n) is 5.29. The van der Waals surface area contributed by atoms with Crippen LogP contribution in [0.2, 0.25) is 0 Å². The summed E-state index contributed by atoms with van der Waals surface area (Å²) in [5.41, 5.74) is 0.108. The molecule has 0 radical (unpaired) electrons. The molecule has 0 spiro atoms. The third-order valence-corrected chi connectivity index (χ3v) is 3.10. The average Bonchev–Trinajstić information content (AvgIpc) is 1.79. The Bertz CT molecular complexity index is 175. The Morgan fingerprint density at radius 2 is 1.75 bits per heavy atom. The molecule has 0 aromatic heterocycles. The van der Waals surface area contributed by atoms with E-state index in [1.807, 2.05) is 0 Å². The summed E-state index contributed by atoms with van der Waals surface area (Å²) in [6.07, 6.45) is 0.675. The normalized spacial score (nSPS) is 39.5. The molecule has 2 unspecified atom stereocenters. The van der Waals surface area contributed by atoms with Gasteiger partial charge >= 0.3 is 0 Å². The zero-order valence-electron chi connectivity index (χ0n) is 8.81. The van der Waals surface area contributed by atoms with E-state index in [4.69, 9.17) is 0 Å². The molecule has 0 aromatic rings. The number of aliphatic hydroxyl groups is 1. The monoisotopic (exact) mass is 171 g/mol. The summed E-state index contributed by atoms with van der Waals surface area (Å²) in [5.74, 6) is 0.325. The second kappa shape index (κ2) is 2.71. The molecule has 2 heteroatoms. The van der Waals surface area contributed by atoms with E-state index in [9.17, 15) is 5.11 Å². The van der Waals surface area contributed by atoms with E-state index in [-0.39, 0.29) is 17.2 Å². The lowest BCUT2D eigenvalue weighted by atomic mass is 9.74. The molecule has 2 atom stereocenters. The molecule has 1 fully saturated rings. The van der Waals surface area contributed by atoms with Crippen molar-refractivity contribution in [3.05, 3.63) is 0 Å². The van der Waals surface area contributed by atoms with Gasteiger partial charge < -0.3 is 10.4 Å². The molecule has 0 saturated carbocycles. The first-order valence-corrected chi connectivity index (χ1v) is 4.72. The lowest BCUT2D eigenvalue weighted by Crippen LogP contribution is -2.63. The van der Waals surface area contributed by atoms with Gasteiger partial charge in [-0.15, -0.1) is 0 Å². The van der Waals surface area contributed by atoms with Crippen molar-refractivity contribution in [3.8, 4) is 0 Å². The molecule has 12 heavy (non-hydrogen) atoms. The van der Waals surface area contributed by atoms with E-state index in [2.05, 4.69) is 39.9 Å². The Morgan fingerprint density at radius 1 is 1.25 bits per heavy atom. The van der Waals surface area contributed by atoms with E-state index in [0.29, 0.717) is 5.92 Å². The number of nitrogens with one attached hydrogen (secondary N) is 1. The Kier molecular flexibility index (Phi) is 2.26. The van der Waals surface area contributed by atoms with Crippen molar-refractivity contribution in [2.75, 3.05) is 0 Å². The third-order valence-electron chi connectivity index (χ3n) is 3.10. The minimum atomic E-state index is -0.170. The van der Waals surface area contributed by atoms with Crippen molar-refractivity contribution in [2.45, 2.75) is 58.2 Å². The maximum Gasteiger partial charge on any atom is 0.0600 e. The Balaban J connectivity index is 2.80. The van der Waals surface area contributed by atoms with Crippen LogP contribution in [0, 0.1) is 5.92 Å². The predicted molar refractivity (Wildman–Crippen MR) is 51.1 cm³/mol. The van der Waals surface area contributed by atoms with Crippen molar-refractivity contribution in [2.24, 2.45) is 5.92 Å². The van der Waals surface area contributed by atoms with Crippen LogP contribution in [0.1, 0.15) is 41.0 Å². The summed E-state index contributed by atoms with van der Waals surface area (Å²) >= 11 is 0. The number of piperidine rings is 1. The largest absolute Gasteiger partial charge is 0.393 e. The molecule has 1 heterocycles. The highest BCUT2D eigenvalue weighted by Gasteiger charge is 2.42. The average molecular weight is 171 g/mol. The molecule has 0 aliphatic carbocycles. The molecular formula is C10H21NO. The van der Waals surface area contributed by atoms with Crippen LogP contribution in [0.3, 0.4) is 0 Å². The fraction of sp³-hybridized carbons (Fsp3) is 1.00. The van der Waals surface area contributed by atoms with E-state index in [1.165, 1.54) is 0 Å². The third kappa shape index (κ3) is 1.80. The van der Waals surface area contributed by atoms with Crippen LogP contribution in [-0.4, -0.2) is 22.3 Å². The fourth-order valence-electron chi connectivity index (χ4n) is 2.22. The first-order valence-electron chi connectivity index (χ1n) is 4.72. The maximum atomic E-state index is 9.81. The summed E-state index contributed by atoms with van der Waals surface area (Å²) in [6.45, 7) is 10.7. The van der Waals surface area contributed by atoms with Gasteiger partial charge in [0.05, 0.1) is 6.10 Å². The predicted octanol–water partition coefficient (Wildman–Crippen LogP) is 1.53. The molecule has 1 aliphatic rings. The minimum absolute atomic E-state index is 0.0428. The number of hydrogen-bond donors (Lipinski definition) is 2. The Hall–Kier alpha value is -0.0800. The van der Waals surface area contributed by atoms with Gasteiger partial charge in [0.2, 0.25) is 0 Å². The van der Waals surface area contributed by atoms with Gasteiger partial charge in [0.15, 0.2) is 0 Å². The summed E-state index contributed by atoms with van der Waals surface area (Å²) in [5, 5.41) is 13.4. The molecule has 1 aliphatic heterocycles. The molecule has 0 bridgehead atoms. The van der Waals surface area contributed by atoms with E-state index in [0.717, 1.165) is 6.42 Å². The van der Waals surface area contributed by atoms with Crippen molar-refractivity contribution in [3.63, 3.8) is 0 Å². The lowest BCUT2D eigenvalue weighted by Gasteiger charge is -2.49. The smallest absolute Gasteiger partial charge is 0.0600 e. The second-order valence-corrected chi connectivity index (χ2v) is 5.29. The van der Waals surface area contributed by atoms with Gasteiger partial charge in [-0.05, 0) is 40.0 Å². The van der Waals surface area contributed by atoms with Gasteiger partial charge in [-0.25, -0.2) is 0 Å². The first-order chi connectivity index (χ1) is 5.25. The van der Waals surface area contributed by atoms with Crippen LogP contribution in [-0.2, 0) is 0 Å². The standard InChI is InChI=1S/C10H21NO/c1-7-8(12)6-9(2,3)11-10(7,4)5/h7-8,11-12H,6H2,1-5H3. The van der Waals surface area contributed by atoms with Crippen molar-refractivity contribution in [1.29, 1.82) is 0 Å². The molecule has 1 saturated heterocycles. The summed E-state index contributed by atoms with van der Waals surface area (Å²) < 4.78 is 0. The zero-order chi connectivity index (χ0) is 9.57. The summed E-state index contributed by atoms with van der Waals surface area (Å²) in [6, 6.07) is 0. The first kappa shape index (κ1) is 10.0. The minimum Gasteiger partial charge on any atom is -0.393 e. The maximum absolute atomic E-state index is 9.81. The SMILES string of the molecule is CC1C(O)CC(C)(C)NC1(C)C. The molecule has 2 N–H and O–H groups in total. The Morgan fingerprint density at radius 3 is 2.17 bits per heavy atom. The molecular weight excluding hydrogens is 150 g/mol. The van der Waals surface area contributed by atoms with Crippen LogP contribution < -0.4 is 5.32 Å². The van der Waals surface area contributed by atoms with E-state index < -0.39 is 0 Å². The van der Waals surface area contributed by atoms with E-state index >= 15 is 0 Å². The number of hydrogen-bond acceptors (Lipinski definition) is 2. The molecule has 0 amide bonds. The molecule has 2 nitrogen and oxygen atoms in total. The topological polar surface area (TPSA) is 32.3 Å². The quantitative estimate of drug-likeness (QED) is 0.579. The highest BCUT2D eigenvalue weighted by atomic mass is 16.3. The van der Waals surface area contributed by atoms with Crippen LogP contribution in [0.5, 0.6) is 0 Å². The van der Waals surface area contributed by atoms with Gasteiger partial charge in [0.1, 0.15) is 0 Å². The van der Waals surface area contributed by atoms with Gasteiger partial charge in [0.25, 0.3) is 0 Å². The van der Waals surface area contributed by atoms with Crippen LogP contribution in [0.25, 0.3) is 0 Å². The highest BCUT2D eigenvalue weighted by Crippen LogP contribution is 2.32. The van der Waals surface area contributed by atoms with Crippen molar-refractivity contribution >= 4 is 0 Å². The van der Waals surface area contributed by atoms with Crippen molar-refractivity contribution < 1.29 is 5.11 Å². The summed E-state index contributed by atoms with van der Waals surface area (Å²) in [4.78, 5) is 0. The summed E-state index contributed by atoms with van der Waals surface area (Å²) in [7, 11) is 0. The zero-order valence-corrected chi connectivity index (χ0v) is 8.81. The van der Waals surface area contributed by atoms with Crippen molar-refractivity contribution in [1.82, 2.24) is 5.32 Å².